The summed E-state index contributed by atoms with van der Waals surface area (Å²) in [5.41, 5.74) is 3.21. The third kappa shape index (κ3) is 3.60. The second-order valence-electron chi connectivity index (χ2n) is 4.73. The van der Waals surface area contributed by atoms with Crippen molar-refractivity contribution in [3.05, 3.63) is 70.7 Å². The van der Waals surface area contributed by atoms with Crippen molar-refractivity contribution in [3.8, 4) is 0 Å². The van der Waals surface area contributed by atoms with Crippen LogP contribution in [0.4, 0.5) is 0 Å². The molecule has 108 valence electrons. The van der Waals surface area contributed by atoms with Crippen LogP contribution in [-0.2, 0) is 11.2 Å². The molecule has 21 heavy (non-hydrogen) atoms. The molecule has 0 aliphatic heterocycles. The van der Waals surface area contributed by atoms with E-state index in [-0.39, 0.29) is 0 Å². The molecule has 3 N–H and O–H groups in total. The Morgan fingerprint density at radius 1 is 1.14 bits per heavy atom. The summed E-state index contributed by atoms with van der Waals surface area (Å²) in [6.45, 7) is 1.99. The zero-order valence-electron chi connectivity index (χ0n) is 11.5. The number of hydrogen-bond acceptors (Lipinski definition) is 3. The normalized spacial score (nSPS) is 11.4. The second-order valence-corrected chi connectivity index (χ2v) is 4.73. The second kappa shape index (κ2) is 6.09. The van der Waals surface area contributed by atoms with Crippen LogP contribution >= 0.6 is 0 Å². The van der Waals surface area contributed by atoms with Gasteiger partial charge in [0, 0.05) is 30.0 Å². The van der Waals surface area contributed by atoms with Crippen LogP contribution in [0.2, 0.25) is 0 Å². The number of carbonyl (C=O) groups is 2. The molecule has 0 atom stereocenters. The van der Waals surface area contributed by atoms with Gasteiger partial charge in [-0.25, -0.2) is 4.79 Å². The maximum atomic E-state index is 12.0. The van der Waals surface area contributed by atoms with Gasteiger partial charge in [-0.2, -0.15) is 0 Å². The quantitative estimate of drug-likeness (QED) is 0.447. The Balaban J connectivity index is 2.22. The predicted octanol–water partition coefficient (Wildman–Crippen LogP) is 2.62. The van der Waals surface area contributed by atoms with Gasteiger partial charge in [-0.1, -0.05) is 29.8 Å². The van der Waals surface area contributed by atoms with E-state index in [2.05, 4.69) is 4.98 Å². The van der Waals surface area contributed by atoms with Gasteiger partial charge < -0.3 is 15.2 Å². The number of ketones is 1. The number of aliphatic hydroxyl groups excluding tert-OH is 1. The molecule has 0 spiro atoms. The Bertz CT molecular complexity index is 695. The van der Waals surface area contributed by atoms with Crippen molar-refractivity contribution >= 4 is 11.8 Å². The van der Waals surface area contributed by atoms with E-state index >= 15 is 0 Å². The SMILES string of the molecule is Cc1ccc(Cc2[nH]ccc2C(=O)/C=C(\O)C(=O)O)cc1. The third-order valence-corrected chi connectivity index (χ3v) is 3.09. The number of aromatic nitrogens is 1. The van der Waals surface area contributed by atoms with Gasteiger partial charge in [0.15, 0.2) is 5.78 Å². The lowest BCUT2D eigenvalue weighted by molar-refractivity contribution is -0.135. The standard InChI is InChI=1S/C16H15NO4/c1-10-2-4-11(5-3-10)8-13-12(6-7-17-13)14(18)9-15(19)16(20)21/h2-7,9,17,19H,8H2,1H3,(H,20,21)/b15-9-. The summed E-state index contributed by atoms with van der Waals surface area (Å²) in [4.78, 5) is 25.5. The summed E-state index contributed by atoms with van der Waals surface area (Å²) in [5.74, 6) is -3.04. The maximum absolute atomic E-state index is 12.0. The van der Waals surface area contributed by atoms with Gasteiger partial charge in [-0.15, -0.1) is 0 Å². The van der Waals surface area contributed by atoms with Gasteiger partial charge in [0.2, 0.25) is 5.76 Å². The summed E-state index contributed by atoms with van der Waals surface area (Å²) in [7, 11) is 0. The Morgan fingerprint density at radius 2 is 1.81 bits per heavy atom. The van der Waals surface area contributed by atoms with E-state index in [9.17, 15) is 9.59 Å². The van der Waals surface area contributed by atoms with Gasteiger partial charge in [-0.05, 0) is 18.6 Å². The smallest absolute Gasteiger partial charge is 0.371 e. The number of aliphatic hydroxyl groups is 1. The van der Waals surface area contributed by atoms with Gasteiger partial charge in [-0.3, -0.25) is 4.79 Å². The van der Waals surface area contributed by atoms with E-state index in [1.165, 1.54) is 0 Å². The number of rotatable bonds is 5. The van der Waals surface area contributed by atoms with E-state index in [0.717, 1.165) is 11.1 Å². The lowest BCUT2D eigenvalue weighted by Gasteiger charge is -2.03. The topological polar surface area (TPSA) is 90.4 Å². The fourth-order valence-electron chi connectivity index (χ4n) is 1.95. The lowest BCUT2D eigenvalue weighted by atomic mass is 10.0. The van der Waals surface area contributed by atoms with Gasteiger partial charge in [0.25, 0.3) is 0 Å². The number of benzene rings is 1. The summed E-state index contributed by atoms with van der Waals surface area (Å²) < 4.78 is 0. The van der Waals surface area contributed by atoms with Crippen molar-refractivity contribution in [1.82, 2.24) is 4.98 Å². The average Bonchev–Trinajstić information content (AvgIpc) is 2.89. The molecule has 1 aromatic heterocycles. The molecule has 5 heteroatoms. The number of H-pyrrole nitrogens is 1. The minimum absolute atomic E-state index is 0.350. The van der Waals surface area contributed by atoms with Crippen LogP contribution in [0.5, 0.6) is 0 Å². The van der Waals surface area contributed by atoms with Gasteiger partial charge in [0.1, 0.15) is 0 Å². The number of hydrogen-bond donors (Lipinski definition) is 3. The summed E-state index contributed by atoms with van der Waals surface area (Å²) >= 11 is 0. The molecule has 0 fully saturated rings. The van der Waals surface area contributed by atoms with Crippen molar-refractivity contribution in [2.45, 2.75) is 13.3 Å². The molecule has 0 saturated carbocycles. The molecule has 0 aliphatic carbocycles. The molecule has 0 aliphatic rings. The fourth-order valence-corrected chi connectivity index (χ4v) is 1.95. The number of carboxylic acids is 1. The average molecular weight is 285 g/mol. The van der Waals surface area contributed by atoms with Crippen LogP contribution < -0.4 is 0 Å². The number of aryl methyl sites for hydroxylation is 1. The van der Waals surface area contributed by atoms with Crippen LogP contribution in [0.3, 0.4) is 0 Å². The number of carboxylic acid groups (broad SMARTS) is 1. The molecule has 2 rings (SSSR count). The number of aliphatic carboxylic acids is 1. The highest BCUT2D eigenvalue weighted by atomic mass is 16.4. The van der Waals surface area contributed by atoms with Crippen LogP contribution in [0, 0.1) is 6.92 Å². The lowest BCUT2D eigenvalue weighted by Crippen LogP contribution is -2.05. The van der Waals surface area contributed by atoms with Crippen molar-refractivity contribution in [2.75, 3.05) is 0 Å². The fraction of sp³-hybridized carbons (Fsp3) is 0.125. The van der Waals surface area contributed by atoms with E-state index in [0.29, 0.717) is 23.8 Å². The first-order valence-electron chi connectivity index (χ1n) is 6.37. The summed E-state index contributed by atoms with van der Waals surface area (Å²) in [5, 5.41) is 17.7. The molecule has 0 bridgehead atoms. The van der Waals surface area contributed by atoms with Crippen molar-refractivity contribution in [2.24, 2.45) is 0 Å². The highest BCUT2D eigenvalue weighted by Gasteiger charge is 2.14. The minimum atomic E-state index is -1.53. The Hall–Kier alpha value is -2.82. The zero-order valence-corrected chi connectivity index (χ0v) is 11.5. The van der Waals surface area contributed by atoms with Crippen molar-refractivity contribution in [1.29, 1.82) is 0 Å². The van der Waals surface area contributed by atoms with Gasteiger partial charge >= 0.3 is 5.97 Å². The molecule has 0 amide bonds. The first-order chi connectivity index (χ1) is 9.97. The van der Waals surface area contributed by atoms with Crippen LogP contribution in [0.25, 0.3) is 0 Å². The molecular weight excluding hydrogens is 270 g/mol. The van der Waals surface area contributed by atoms with E-state index in [4.69, 9.17) is 10.2 Å². The van der Waals surface area contributed by atoms with Crippen molar-refractivity contribution < 1.29 is 19.8 Å². The first-order valence-corrected chi connectivity index (χ1v) is 6.37. The predicted molar refractivity (Wildman–Crippen MR) is 77.5 cm³/mol. The van der Waals surface area contributed by atoms with E-state index < -0.39 is 17.5 Å². The molecule has 0 unspecified atom stereocenters. The largest absolute Gasteiger partial charge is 0.502 e. The van der Waals surface area contributed by atoms with Crippen molar-refractivity contribution in [3.63, 3.8) is 0 Å². The van der Waals surface area contributed by atoms with Crippen LogP contribution in [0.1, 0.15) is 27.2 Å². The van der Waals surface area contributed by atoms with Crippen LogP contribution in [-0.4, -0.2) is 26.9 Å². The Labute approximate surface area is 121 Å². The van der Waals surface area contributed by atoms with E-state index in [1.807, 2.05) is 31.2 Å². The molecular formula is C16H15NO4. The monoisotopic (exact) mass is 285 g/mol. The number of aromatic amines is 1. The zero-order chi connectivity index (χ0) is 15.4. The first kappa shape index (κ1) is 14.6. The van der Waals surface area contributed by atoms with Gasteiger partial charge in [0.05, 0.1) is 0 Å². The molecule has 0 radical (unpaired) electrons. The molecule has 2 aromatic rings. The minimum Gasteiger partial charge on any atom is -0.502 e. The Morgan fingerprint density at radius 3 is 2.43 bits per heavy atom. The molecule has 1 aromatic carbocycles. The molecule has 0 saturated heterocycles. The molecule has 5 nitrogen and oxygen atoms in total. The highest BCUT2D eigenvalue weighted by molar-refractivity contribution is 6.08. The summed E-state index contributed by atoms with van der Waals surface area (Å²) in [6.07, 6.45) is 2.85. The number of carbonyl (C=O) groups excluding carboxylic acids is 1. The maximum Gasteiger partial charge on any atom is 0.371 e. The highest BCUT2D eigenvalue weighted by Crippen LogP contribution is 2.15. The van der Waals surface area contributed by atoms with E-state index in [1.54, 1.807) is 12.3 Å². The third-order valence-electron chi connectivity index (χ3n) is 3.09. The molecule has 1 heterocycles. The Kier molecular flexibility index (Phi) is 4.23. The number of nitrogens with one attached hydrogen (secondary N) is 1. The number of allylic oxidation sites excluding steroid dienone is 1. The van der Waals surface area contributed by atoms with Crippen LogP contribution in [0.15, 0.2) is 48.4 Å². The summed E-state index contributed by atoms with van der Waals surface area (Å²) in [6, 6.07) is 9.47.